The highest BCUT2D eigenvalue weighted by molar-refractivity contribution is 5.63. The Morgan fingerprint density at radius 1 is 0.850 bits per heavy atom. The van der Waals surface area contributed by atoms with Crippen LogP contribution in [0.1, 0.15) is 30.5 Å². The summed E-state index contributed by atoms with van der Waals surface area (Å²) in [6.45, 7) is 4.19. The molecule has 0 saturated heterocycles. The lowest BCUT2D eigenvalue weighted by Gasteiger charge is -2.38. The summed E-state index contributed by atoms with van der Waals surface area (Å²) in [4.78, 5) is 9.00. The van der Waals surface area contributed by atoms with E-state index in [0.717, 1.165) is 23.6 Å². The van der Waals surface area contributed by atoms with Crippen LogP contribution in [0.5, 0.6) is 11.5 Å². The molecule has 0 aliphatic heterocycles. The van der Waals surface area contributed by atoms with Crippen molar-refractivity contribution in [3.8, 4) is 11.5 Å². The molecule has 3 aromatic rings. The van der Waals surface area contributed by atoms with E-state index in [1.165, 1.54) is 0 Å². The molecule has 3 N–H and O–H groups in total. The summed E-state index contributed by atoms with van der Waals surface area (Å²) in [7, 11) is 3.21. The van der Waals surface area contributed by atoms with Crippen molar-refractivity contribution in [1.29, 1.82) is 0 Å². The molecule has 0 heterocycles. The molecule has 0 fully saturated rings. The zero-order chi connectivity index (χ0) is 29.0. The first kappa shape index (κ1) is 30.4. The van der Waals surface area contributed by atoms with Gasteiger partial charge in [0, 0.05) is 20.6 Å². The smallest absolute Gasteiger partial charge is 0.300 e. The van der Waals surface area contributed by atoms with E-state index in [1.54, 1.807) is 14.2 Å². The van der Waals surface area contributed by atoms with Crippen molar-refractivity contribution >= 4 is 5.97 Å². The van der Waals surface area contributed by atoms with Crippen LogP contribution in [0.3, 0.4) is 0 Å². The largest absolute Gasteiger partial charge is 0.493 e. The van der Waals surface area contributed by atoms with Crippen molar-refractivity contribution in [3.63, 3.8) is 0 Å². The van der Waals surface area contributed by atoms with Crippen molar-refractivity contribution in [1.82, 2.24) is 0 Å². The molecule has 40 heavy (non-hydrogen) atoms. The summed E-state index contributed by atoms with van der Waals surface area (Å²) in [5.41, 5.74) is 8.84. The molecule has 0 radical (unpaired) electrons. The first-order chi connectivity index (χ1) is 19.2. The molecule has 2 unspecified atom stereocenters. The van der Waals surface area contributed by atoms with Crippen molar-refractivity contribution in [2.24, 2.45) is 5.73 Å². The van der Waals surface area contributed by atoms with E-state index in [4.69, 9.17) is 39.3 Å². The molecular formula is C32H37NO7. The number of hydrogen-bond donors (Lipinski definition) is 2. The normalized spacial score (nSPS) is 19.6. The summed E-state index contributed by atoms with van der Waals surface area (Å²) in [6, 6.07) is 25.6. The quantitative estimate of drug-likeness (QED) is 0.237. The number of carboxylic acids is 1. The van der Waals surface area contributed by atoms with Gasteiger partial charge < -0.3 is 34.5 Å². The fourth-order valence-corrected chi connectivity index (χ4v) is 4.11. The minimum Gasteiger partial charge on any atom is -0.493 e. The molecule has 3 aromatic carbocycles. The van der Waals surface area contributed by atoms with Gasteiger partial charge in [-0.1, -0.05) is 72.8 Å². The zero-order valence-electron chi connectivity index (χ0n) is 23.3. The van der Waals surface area contributed by atoms with Crippen LogP contribution in [-0.4, -0.2) is 37.7 Å². The maximum atomic E-state index is 9.00. The van der Waals surface area contributed by atoms with Gasteiger partial charge in [0.25, 0.3) is 5.97 Å². The molecule has 8 nitrogen and oxygen atoms in total. The second kappa shape index (κ2) is 14.3. The van der Waals surface area contributed by atoms with Gasteiger partial charge in [0.1, 0.15) is 13.2 Å². The molecule has 2 atom stereocenters. The Morgan fingerprint density at radius 2 is 1.43 bits per heavy atom. The van der Waals surface area contributed by atoms with Crippen molar-refractivity contribution < 1.29 is 33.6 Å². The molecule has 0 saturated carbocycles. The van der Waals surface area contributed by atoms with Crippen LogP contribution in [0.2, 0.25) is 0 Å². The molecule has 0 aromatic heterocycles. The van der Waals surface area contributed by atoms with Crippen LogP contribution in [0.4, 0.5) is 0 Å². The fourth-order valence-electron chi connectivity index (χ4n) is 4.11. The van der Waals surface area contributed by atoms with Crippen LogP contribution >= 0.6 is 0 Å². The summed E-state index contributed by atoms with van der Waals surface area (Å²) in [6.07, 6.45) is 5.52. The van der Waals surface area contributed by atoms with Crippen LogP contribution in [-0.2, 0) is 37.8 Å². The molecule has 0 amide bonds. The first-order valence-electron chi connectivity index (χ1n) is 12.9. The maximum absolute atomic E-state index is 9.00. The van der Waals surface area contributed by atoms with Gasteiger partial charge in [-0.05, 0) is 47.9 Å². The second-order valence-electron chi connectivity index (χ2n) is 9.01. The third-order valence-electron chi connectivity index (χ3n) is 6.09. The number of hydrogen-bond acceptors (Lipinski definition) is 7. The van der Waals surface area contributed by atoms with E-state index in [0.29, 0.717) is 37.1 Å². The topological polar surface area (TPSA) is 109 Å². The lowest BCUT2D eigenvalue weighted by atomic mass is 9.84. The minimum absolute atomic E-state index is 0.350. The number of methoxy groups -OCH3 is 2. The third kappa shape index (κ3) is 7.95. The Kier molecular flexibility index (Phi) is 10.9. The summed E-state index contributed by atoms with van der Waals surface area (Å²) >= 11 is 0. The van der Waals surface area contributed by atoms with Crippen LogP contribution in [0.25, 0.3) is 0 Å². The number of carboxylic acid groups (broad SMARTS) is 1. The first-order valence-corrected chi connectivity index (χ1v) is 12.9. The monoisotopic (exact) mass is 547 g/mol. The van der Waals surface area contributed by atoms with Gasteiger partial charge in [0.15, 0.2) is 17.3 Å². The number of benzene rings is 3. The van der Waals surface area contributed by atoms with Gasteiger partial charge in [-0.3, -0.25) is 4.79 Å². The minimum atomic E-state index is -1.16. The van der Waals surface area contributed by atoms with Crippen LogP contribution in [0, 0.1) is 0 Å². The number of rotatable bonds is 11. The third-order valence-corrected chi connectivity index (χ3v) is 6.09. The Balaban J connectivity index is 0.00000103. The Labute approximate surface area is 235 Å². The molecule has 1 aliphatic carbocycles. The highest BCUT2D eigenvalue weighted by Crippen LogP contribution is 2.39. The highest BCUT2D eigenvalue weighted by Gasteiger charge is 2.42. The lowest BCUT2D eigenvalue weighted by molar-refractivity contribution is -0.186. The molecule has 0 spiro atoms. The molecule has 0 bridgehead atoms. The van der Waals surface area contributed by atoms with E-state index in [2.05, 4.69) is 0 Å². The second-order valence-corrected chi connectivity index (χ2v) is 9.01. The van der Waals surface area contributed by atoms with Gasteiger partial charge in [-0.25, -0.2) is 0 Å². The fraction of sp³-hybridized carbons (Fsp3) is 0.281. The summed E-state index contributed by atoms with van der Waals surface area (Å²) < 4.78 is 29.7. The molecule has 212 valence electrons. The Hall–Kier alpha value is -4.11. The van der Waals surface area contributed by atoms with Gasteiger partial charge >= 0.3 is 0 Å². The highest BCUT2D eigenvalue weighted by atomic mass is 16.7. The summed E-state index contributed by atoms with van der Waals surface area (Å²) in [5, 5.41) is 7.42. The van der Waals surface area contributed by atoms with E-state index in [9.17, 15) is 0 Å². The molecular weight excluding hydrogens is 510 g/mol. The summed E-state index contributed by atoms with van der Waals surface area (Å²) in [5.74, 6) is -0.275. The average molecular weight is 548 g/mol. The predicted molar refractivity (Wildman–Crippen MR) is 153 cm³/mol. The lowest BCUT2D eigenvalue weighted by Crippen LogP contribution is -2.44. The van der Waals surface area contributed by atoms with E-state index in [-0.39, 0.29) is 0 Å². The Bertz CT molecular complexity index is 1290. The number of ether oxygens (including phenoxy) is 5. The molecule has 8 heteroatoms. The maximum Gasteiger partial charge on any atom is 0.300 e. The van der Waals surface area contributed by atoms with Crippen LogP contribution in [0.15, 0.2) is 103 Å². The van der Waals surface area contributed by atoms with Crippen molar-refractivity contribution in [2.75, 3.05) is 20.8 Å². The van der Waals surface area contributed by atoms with E-state index >= 15 is 0 Å². The average Bonchev–Trinajstić information content (AvgIpc) is 2.97. The zero-order valence-corrected chi connectivity index (χ0v) is 23.3. The van der Waals surface area contributed by atoms with E-state index in [1.807, 2.05) is 104 Å². The van der Waals surface area contributed by atoms with Crippen molar-refractivity contribution in [2.45, 2.75) is 38.4 Å². The standard InChI is InChI=1S/C30H33NO5.C2H4O2/c1-4-36-30(33-3)18-17-29(31,20-28(30)35-22-24-13-9-6-10-14-24)25-15-16-26(32-2)27(19-25)34-21-23-11-7-5-8-12-23;1-2(3)4/h5-20H,4,21-22,31H2,1-3H3;1H3,(H,3,4). The number of nitrogens with two attached hydrogens (primary N) is 1. The van der Waals surface area contributed by atoms with Gasteiger partial charge in [-0.2, -0.15) is 0 Å². The molecule has 4 rings (SSSR count). The number of carbonyl (C=O) groups is 1. The predicted octanol–water partition coefficient (Wildman–Crippen LogP) is 5.57. The van der Waals surface area contributed by atoms with Gasteiger partial charge in [-0.15, -0.1) is 0 Å². The van der Waals surface area contributed by atoms with Gasteiger partial charge in [0.2, 0.25) is 5.79 Å². The van der Waals surface area contributed by atoms with Gasteiger partial charge in [0.05, 0.1) is 12.6 Å². The van der Waals surface area contributed by atoms with Crippen molar-refractivity contribution in [3.05, 3.63) is 120 Å². The number of aliphatic carboxylic acids is 1. The Morgan fingerprint density at radius 3 is 1.95 bits per heavy atom. The SMILES string of the molecule is CC(=O)O.CCOC1(OC)C=CC(N)(c2ccc(OC)c(OCc3ccccc3)c2)C=C1OCc1ccccc1. The molecule has 1 aliphatic rings. The van der Waals surface area contributed by atoms with Crippen LogP contribution < -0.4 is 15.2 Å². The van der Waals surface area contributed by atoms with E-state index < -0.39 is 17.3 Å².